The third-order valence-electron chi connectivity index (χ3n) is 6.39. The maximum atomic E-state index is 13.4. The Hall–Kier alpha value is -3.38. The lowest BCUT2D eigenvalue weighted by molar-refractivity contribution is -0.143. The summed E-state index contributed by atoms with van der Waals surface area (Å²) in [7, 11) is -3.95. The lowest BCUT2D eigenvalue weighted by Gasteiger charge is -2.33. The smallest absolute Gasteiger partial charge is 0.250 e. The maximum absolute atomic E-state index is 13.4. The number of thiophene rings is 1. The first-order chi connectivity index (χ1) is 18.8. The van der Waals surface area contributed by atoms with Gasteiger partial charge in [-0.25, -0.2) is 8.42 Å². The Morgan fingerprint density at radius 1 is 1.05 bits per heavy atom. The van der Waals surface area contributed by atoms with Crippen LogP contribution in [0.2, 0.25) is 5.02 Å². The average Bonchev–Trinajstić information content (AvgIpc) is 3.36. The molecule has 0 radical (unpaired) electrons. The predicted octanol–water partition coefficient (Wildman–Crippen LogP) is 3.84. The highest BCUT2D eigenvalue weighted by molar-refractivity contribution is 7.91. The molecule has 0 saturated carbocycles. The van der Waals surface area contributed by atoms with E-state index < -0.39 is 22.0 Å². The minimum atomic E-state index is -3.95. The molecule has 0 unspecified atom stereocenters. The van der Waals surface area contributed by atoms with Crippen molar-refractivity contribution < 1.29 is 18.0 Å². The molecule has 4 aromatic rings. The largest absolute Gasteiger partial charge is 0.332 e. The van der Waals surface area contributed by atoms with Crippen LogP contribution in [0.25, 0.3) is 10.1 Å². The molecule has 3 aromatic heterocycles. The number of hydrogen-bond acceptors (Lipinski definition) is 7. The van der Waals surface area contributed by atoms with E-state index in [4.69, 9.17) is 11.6 Å². The number of benzene rings is 1. The number of nitrogens with one attached hydrogen (secondary N) is 1. The van der Waals surface area contributed by atoms with Crippen LogP contribution in [0.1, 0.15) is 24.2 Å². The predicted molar refractivity (Wildman–Crippen MR) is 149 cm³/mol. The first-order valence-electron chi connectivity index (χ1n) is 12.4. The molecular weight excluding hydrogens is 558 g/mol. The van der Waals surface area contributed by atoms with E-state index in [2.05, 4.69) is 14.7 Å². The maximum Gasteiger partial charge on any atom is 0.250 e. The van der Waals surface area contributed by atoms with Crippen LogP contribution in [0, 0.1) is 0 Å². The Kier molecular flexibility index (Phi) is 8.22. The van der Waals surface area contributed by atoms with E-state index in [0.717, 1.165) is 21.4 Å². The summed E-state index contributed by atoms with van der Waals surface area (Å²) in [5.41, 5.74) is 1.42. The van der Waals surface area contributed by atoms with E-state index in [0.29, 0.717) is 35.8 Å². The molecule has 1 aliphatic rings. The van der Waals surface area contributed by atoms with Crippen molar-refractivity contribution in [3.8, 4) is 0 Å². The molecule has 1 aliphatic heterocycles. The number of halogens is 1. The standard InChI is InChI=1S/C27H26ClN5O4S2/c28-20-10-9-19-14-26(38-24(19)15-20)39(36,37)31-23-8-5-13-32(27(23)35)18-25(34)33(16-21-6-1-3-11-29-21)17-22-7-2-4-12-30-22/h1-4,6-7,9-12,14-15,23,31H,5,8,13,16-18H2/t23-/m0/s1. The zero-order chi connectivity index (χ0) is 27.4. The number of likely N-dealkylation sites (tertiary alicyclic amines) is 1. The third kappa shape index (κ3) is 6.62. The summed E-state index contributed by atoms with van der Waals surface area (Å²) >= 11 is 7.13. The van der Waals surface area contributed by atoms with E-state index in [1.165, 1.54) is 4.90 Å². The monoisotopic (exact) mass is 583 g/mol. The highest BCUT2D eigenvalue weighted by Crippen LogP contribution is 2.31. The van der Waals surface area contributed by atoms with Gasteiger partial charge in [0.15, 0.2) is 0 Å². The number of nitrogens with zero attached hydrogens (tertiary/aromatic N) is 4. The van der Waals surface area contributed by atoms with Crippen LogP contribution in [0.3, 0.4) is 0 Å². The second-order valence-corrected chi connectivity index (χ2v) is 12.7. The molecule has 0 spiro atoms. The molecule has 1 N–H and O–H groups in total. The highest BCUT2D eigenvalue weighted by atomic mass is 35.5. The molecular formula is C27H26ClN5O4S2. The normalized spacial score (nSPS) is 16.0. The number of sulfonamides is 1. The first-order valence-corrected chi connectivity index (χ1v) is 15.0. The number of aromatic nitrogens is 2. The SMILES string of the molecule is O=C(CN1CCC[C@H](NS(=O)(=O)c2cc3ccc(Cl)cc3s2)C1=O)N(Cc1ccccn1)Cc1ccccn1. The van der Waals surface area contributed by atoms with Gasteiger partial charge in [-0.15, -0.1) is 11.3 Å². The lowest BCUT2D eigenvalue weighted by atomic mass is 10.1. The molecule has 4 heterocycles. The number of carbonyl (C=O) groups excluding carboxylic acids is 2. The molecule has 5 rings (SSSR count). The van der Waals surface area contributed by atoms with Crippen molar-refractivity contribution in [1.29, 1.82) is 0 Å². The number of amides is 2. The summed E-state index contributed by atoms with van der Waals surface area (Å²) in [6, 6.07) is 16.7. The molecule has 1 aromatic carbocycles. The molecule has 0 aliphatic carbocycles. The number of piperidine rings is 1. The second-order valence-electron chi connectivity index (χ2n) is 9.22. The van der Waals surface area contributed by atoms with E-state index in [9.17, 15) is 18.0 Å². The van der Waals surface area contributed by atoms with Gasteiger partial charge in [-0.1, -0.05) is 29.8 Å². The van der Waals surface area contributed by atoms with E-state index in [1.807, 2.05) is 24.3 Å². The molecule has 202 valence electrons. The van der Waals surface area contributed by atoms with Crippen molar-refractivity contribution in [2.45, 2.75) is 36.2 Å². The average molecular weight is 584 g/mol. The number of hydrogen-bond donors (Lipinski definition) is 1. The summed E-state index contributed by atoms with van der Waals surface area (Å²) in [6.07, 6.45) is 4.24. The van der Waals surface area contributed by atoms with Crippen LogP contribution >= 0.6 is 22.9 Å². The van der Waals surface area contributed by atoms with E-state index >= 15 is 0 Å². The van der Waals surface area contributed by atoms with Gasteiger partial charge in [-0.3, -0.25) is 19.6 Å². The number of rotatable bonds is 9. The number of carbonyl (C=O) groups is 2. The van der Waals surface area contributed by atoms with Crippen molar-refractivity contribution >= 4 is 54.9 Å². The van der Waals surface area contributed by atoms with Gasteiger partial charge in [-0.05, 0) is 60.7 Å². The molecule has 9 nitrogen and oxygen atoms in total. The molecule has 12 heteroatoms. The van der Waals surface area contributed by atoms with Gasteiger partial charge in [0.25, 0.3) is 10.0 Å². The van der Waals surface area contributed by atoms with Gasteiger partial charge in [0.1, 0.15) is 10.3 Å². The van der Waals surface area contributed by atoms with Gasteiger partial charge >= 0.3 is 0 Å². The Balaban J connectivity index is 1.29. The van der Waals surface area contributed by atoms with Crippen LogP contribution in [-0.4, -0.2) is 59.1 Å². The Bertz CT molecular complexity index is 1540. The zero-order valence-corrected chi connectivity index (χ0v) is 23.3. The molecule has 1 saturated heterocycles. The van der Waals surface area contributed by atoms with Crippen LogP contribution in [-0.2, 0) is 32.7 Å². The summed E-state index contributed by atoms with van der Waals surface area (Å²) in [6.45, 7) is 0.706. The summed E-state index contributed by atoms with van der Waals surface area (Å²) in [5.74, 6) is -0.692. The van der Waals surface area contributed by atoms with Crippen molar-refractivity contribution in [1.82, 2.24) is 24.5 Å². The van der Waals surface area contributed by atoms with Crippen molar-refractivity contribution in [2.24, 2.45) is 0 Å². The quantitative estimate of drug-likeness (QED) is 0.320. The van der Waals surface area contributed by atoms with Crippen LogP contribution in [0.15, 0.2) is 77.3 Å². The lowest BCUT2D eigenvalue weighted by Crippen LogP contribution is -2.54. The molecule has 0 bridgehead atoms. The highest BCUT2D eigenvalue weighted by Gasteiger charge is 2.34. The fourth-order valence-electron chi connectivity index (χ4n) is 4.43. The Morgan fingerprint density at radius 3 is 2.38 bits per heavy atom. The van der Waals surface area contributed by atoms with E-state index in [1.54, 1.807) is 53.7 Å². The minimum absolute atomic E-state index is 0.109. The van der Waals surface area contributed by atoms with Gasteiger partial charge in [-0.2, -0.15) is 4.72 Å². The fraction of sp³-hybridized carbons (Fsp3) is 0.259. The topological polar surface area (TPSA) is 113 Å². The van der Waals surface area contributed by atoms with Crippen LogP contribution in [0.4, 0.5) is 0 Å². The first kappa shape index (κ1) is 27.2. The molecule has 2 amide bonds. The van der Waals surface area contributed by atoms with Gasteiger partial charge in [0.2, 0.25) is 11.8 Å². The second kappa shape index (κ2) is 11.8. The molecule has 39 heavy (non-hydrogen) atoms. The van der Waals surface area contributed by atoms with Crippen molar-refractivity contribution in [3.63, 3.8) is 0 Å². The Labute approximate surface area is 235 Å². The molecule has 1 fully saturated rings. The summed E-state index contributed by atoms with van der Waals surface area (Å²) < 4.78 is 29.7. The van der Waals surface area contributed by atoms with Gasteiger partial charge in [0.05, 0.1) is 31.0 Å². The minimum Gasteiger partial charge on any atom is -0.332 e. The number of pyridine rings is 2. The Morgan fingerprint density at radius 2 is 1.74 bits per heavy atom. The van der Waals surface area contributed by atoms with Crippen LogP contribution < -0.4 is 4.72 Å². The van der Waals surface area contributed by atoms with Crippen molar-refractivity contribution in [3.05, 3.63) is 89.5 Å². The number of fused-ring (bicyclic) bond motifs is 1. The molecule has 1 atom stereocenters. The van der Waals surface area contributed by atoms with Gasteiger partial charge in [0, 0.05) is 28.7 Å². The third-order valence-corrected chi connectivity index (χ3v) is 9.67. The zero-order valence-electron chi connectivity index (χ0n) is 20.9. The summed E-state index contributed by atoms with van der Waals surface area (Å²) in [4.78, 5) is 38.4. The van der Waals surface area contributed by atoms with E-state index in [-0.39, 0.29) is 29.8 Å². The van der Waals surface area contributed by atoms with Crippen LogP contribution in [0.5, 0.6) is 0 Å². The van der Waals surface area contributed by atoms with Crippen molar-refractivity contribution in [2.75, 3.05) is 13.1 Å². The fourth-order valence-corrected chi connectivity index (χ4v) is 7.35. The summed E-state index contributed by atoms with van der Waals surface area (Å²) in [5, 5.41) is 1.28. The van der Waals surface area contributed by atoms with Gasteiger partial charge < -0.3 is 9.80 Å².